The average Bonchev–Trinajstić information content (AvgIpc) is 2.10. The molecule has 2 saturated heterocycles. The van der Waals surface area contributed by atoms with Crippen LogP contribution in [-0.2, 0) is 4.74 Å². The highest BCUT2D eigenvalue weighted by atomic mass is 16.5. The molecular weight excluding hydrogens is 202 g/mol. The van der Waals surface area contributed by atoms with Crippen LogP contribution in [0.2, 0.25) is 0 Å². The predicted octanol–water partition coefficient (Wildman–Crippen LogP) is 1.21. The Hall–Kier alpha value is -0.770. The molecule has 2 aliphatic heterocycles. The van der Waals surface area contributed by atoms with Crippen molar-refractivity contribution >= 4 is 5.96 Å². The highest BCUT2D eigenvalue weighted by Gasteiger charge is 2.24. The van der Waals surface area contributed by atoms with Gasteiger partial charge in [0.05, 0.1) is 12.2 Å². The second-order valence-electron chi connectivity index (χ2n) is 5.13. The topological polar surface area (TPSA) is 50.8 Å². The van der Waals surface area contributed by atoms with Gasteiger partial charge in [0.1, 0.15) is 0 Å². The Bertz CT molecular complexity index is 253. The van der Waals surface area contributed by atoms with Crippen LogP contribution >= 0.6 is 0 Å². The van der Waals surface area contributed by atoms with Gasteiger partial charge in [-0.2, -0.15) is 0 Å². The van der Waals surface area contributed by atoms with Crippen LogP contribution in [0.1, 0.15) is 33.1 Å². The number of guanidine groups is 1. The van der Waals surface area contributed by atoms with E-state index in [1.165, 1.54) is 6.42 Å². The molecular formula is C12H23N3O. The fourth-order valence-electron chi connectivity index (χ4n) is 2.56. The monoisotopic (exact) mass is 225 g/mol. The molecule has 0 aromatic carbocycles. The van der Waals surface area contributed by atoms with Gasteiger partial charge in [-0.25, -0.2) is 0 Å². The normalized spacial score (nSPS) is 36.0. The van der Waals surface area contributed by atoms with Crippen molar-refractivity contribution in [2.75, 3.05) is 19.6 Å². The van der Waals surface area contributed by atoms with Gasteiger partial charge in [-0.3, -0.25) is 4.99 Å². The molecule has 2 fully saturated rings. The molecule has 16 heavy (non-hydrogen) atoms. The van der Waals surface area contributed by atoms with E-state index < -0.39 is 0 Å². The average molecular weight is 225 g/mol. The molecule has 2 rings (SSSR count). The van der Waals surface area contributed by atoms with Gasteiger partial charge < -0.3 is 15.4 Å². The molecule has 2 atom stereocenters. The van der Waals surface area contributed by atoms with Gasteiger partial charge in [0.25, 0.3) is 0 Å². The van der Waals surface area contributed by atoms with E-state index in [0.29, 0.717) is 18.1 Å². The van der Waals surface area contributed by atoms with Gasteiger partial charge in [0.2, 0.25) is 0 Å². The lowest BCUT2D eigenvalue weighted by atomic mass is 9.93. The zero-order valence-electron chi connectivity index (χ0n) is 10.4. The number of ether oxygens (including phenoxy) is 1. The van der Waals surface area contributed by atoms with E-state index in [1.807, 2.05) is 0 Å². The number of hydrogen-bond acceptors (Lipinski definition) is 2. The van der Waals surface area contributed by atoms with Crippen LogP contribution in [0.3, 0.4) is 0 Å². The molecule has 4 heteroatoms. The quantitative estimate of drug-likeness (QED) is 0.567. The number of hydrogen-bond donors (Lipinski definition) is 1. The zero-order valence-corrected chi connectivity index (χ0v) is 10.4. The van der Waals surface area contributed by atoms with Crippen LogP contribution in [0, 0.1) is 5.92 Å². The number of likely N-dealkylation sites (tertiary alicyclic amines) is 1. The van der Waals surface area contributed by atoms with Crippen molar-refractivity contribution in [1.82, 2.24) is 4.90 Å². The standard InChI is InChI=1S/C12H23N3O/c1-9-6-11(7-10(2)16-9)8-14-12(13)15-4-3-5-15/h9-11H,3-8H2,1-2H3,(H2,13,14). The van der Waals surface area contributed by atoms with E-state index in [2.05, 4.69) is 23.7 Å². The lowest BCUT2D eigenvalue weighted by Gasteiger charge is -2.33. The van der Waals surface area contributed by atoms with E-state index in [1.54, 1.807) is 0 Å². The molecule has 2 unspecified atom stereocenters. The molecule has 0 amide bonds. The molecule has 0 aromatic heterocycles. The Morgan fingerprint density at radius 2 is 1.94 bits per heavy atom. The summed E-state index contributed by atoms with van der Waals surface area (Å²) < 4.78 is 5.71. The first kappa shape index (κ1) is 11.7. The summed E-state index contributed by atoms with van der Waals surface area (Å²) in [5.41, 5.74) is 5.91. The van der Waals surface area contributed by atoms with Crippen molar-refractivity contribution in [2.45, 2.75) is 45.3 Å². The van der Waals surface area contributed by atoms with Crippen molar-refractivity contribution in [2.24, 2.45) is 16.6 Å². The lowest BCUT2D eigenvalue weighted by molar-refractivity contribution is -0.0501. The maximum atomic E-state index is 5.91. The van der Waals surface area contributed by atoms with Gasteiger partial charge in [-0.1, -0.05) is 0 Å². The fourth-order valence-corrected chi connectivity index (χ4v) is 2.56. The molecule has 92 valence electrons. The van der Waals surface area contributed by atoms with Crippen LogP contribution in [0.5, 0.6) is 0 Å². The SMILES string of the molecule is CC1CC(CN=C(N)N2CCC2)CC(C)O1. The summed E-state index contributed by atoms with van der Waals surface area (Å²) in [6.45, 7) is 7.31. The van der Waals surface area contributed by atoms with Crippen LogP contribution in [-0.4, -0.2) is 42.7 Å². The summed E-state index contributed by atoms with van der Waals surface area (Å²) in [6, 6.07) is 0. The van der Waals surface area contributed by atoms with Crippen molar-refractivity contribution in [3.63, 3.8) is 0 Å². The van der Waals surface area contributed by atoms with E-state index in [9.17, 15) is 0 Å². The first-order valence-electron chi connectivity index (χ1n) is 6.35. The summed E-state index contributed by atoms with van der Waals surface area (Å²) >= 11 is 0. The maximum Gasteiger partial charge on any atom is 0.191 e. The van der Waals surface area contributed by atoms with E-state index in [4.69, 9.17) is 10.5 Å². The minimum absolute atomic E-state index is 0.370. The van der Waals surface area contributed by atoms with Crippen molar-refractivity contribution < 1.29 is 4.74 Å². The molecule has 0 bridgehead atoms. The summed E-state index contributed by atoms with van der Waals surface area (Å²) in [6.07, 6.45) is 4.22. The number of nitrogens with two attached hydrogens (primary N) is 1. The Balaban J connectivity index is 1.79. The van der Waals surface area contributed by atoms with Gasteiger partial charge in [-0.15, -0.1) is 0 Å². The second kappa shape index (κ2) is 5.04. The van der Waals surface area contributed by atoms with Gasteiger partial charge in [0.15, 0.2) is 5.96 Å². The molecule has 0 aromatic rings. The largest absolute Gasteiger partial charge is 0.376 e. The number of rotatable bonds is 2. The molecule has 0 saturated carbocycles. The van der Waals surface area contributed by atoms with Crippen LogP contribution in [0.4, 0.5) is 0 Å². The summed E-state index contributed by atoms with van der Waals surface area (Å²) in [5.74, 6) is 1.37. The van der Waals surface area contributed by atoms with E-state index >= 15 is 0 Å². The van der Waals surface area contributed by atoms with Gasteiger partial charge in [-0.05, 0) is 39.0 Å². The highest BCUT2D eigenvalue weighted by molar-refractivity contribution is 5.78. The third-order valence-corrected chi connectivity index (χ3v) is 3.49. The van der Waals surface area contributed by atoms with Crippen molar-refractivity contribution in [3.05, 3.63) is 0 Å². The minimum atomic E-state index is 0.370. The van der Waals surface area contributed by atoms with Gasteiger partial charge >= 0.3 is 0 Å². The maximum absolute atomic E-state index is 5.91. The molecule has 2 aliphatic rings. The van der Waals surface area contributed by atoms with E-state index in [0.717, 1.165) is 38.4 Å². The molecule has 0 spiro atoms. The number of nitrogens with zero attached hydrogens (tertiary/aromatic N) is 2. The number of aliphatic imine (C=N–C) groups is 1. The van der Waals surface area contributed by atoms with Crippen LogP contribution in [0.25, 0.3) is 0 Å². The van der Waals surface area contributed by atoms with Gasteiger partial charge in [0, 0.05) is 19.6 Å². The summed E-state index contributed by atoms with van der Waals surface area (Å²) in [7, 11) is 0. The Morgan fingerprint density at radius 3 is 2.44 bits per heavy atom. The molecule has 0 aliphatic carbocycles. The fraction of sp³-hybridized carbons (Fsp3) is 0.917. The third-order valence-electron chi connectivity index (χ3n) is 3.49. The van der Waals surface area contributed by atoms with Crippen molar-refractivity contribution in [3.8, 4) is 0 Å². The first-order chi connectivity index (χ1) is 7.65. The first-order valence-corrected chi connectivity index (χ1v) is 6.35. The Labute approximate surface area is 97.9 Å². The molecule has 4 nitrogen and oxygen atoms in total. The second-order valence-corrected chi connectivity index (χ2v) is 5.13. The third kappa shape index (κ3) is 2.88. The van der Waals surface area contributed by atoms with Crippen LogP contribution in [0.15, 0.2) is 4.99 Å². The highest BCUT2D eigenvalue weighted by Crippen LogP contribution is 2.24. The predicted molar refractivity (Wildman–Crippen MR) is 65.4 cm³/mol. The Morgan fingerprint density at radius 1 is 1.31 bits per heavy atom. The summed E-state index contributed by atoms with van der Waals surface area (Å²) in [4.78, 5) is 6.65. The molecule has 2 N–H and O–H groups in total. The smallest absolute Gasteiger partial charge is 0.191 e. The molecule has 2 heterocycles. The summed E-state index contributed by atoms with van der Waals surface area (Å²) in [5, 5.41) is 0. The zero-order chi connectivity index (χ0) is 11.5. The lowest BCUT2D eigenvalue weighted by Crippen LogP contribution is -2.46. The Kier molecular flexibility index (Phi) is 3.69. The van der Waals surface area contributed by atoms with E-state index in [-0.39, 0.29) is 0 Å². The minimum Gasteiger partial charge on any atom is -0.376 e. The van der Waals surface area contributed by atoms with Crippen LogP contribution < -0.4 is 5.73 Å². The molecule has 0 radical (unpaired) electrons. The van der Waals surface area contributed by atoms with Crippen molar-refractivity contribution in [1.29, 1.82) is 0 Å².